The van der Waals surface area contributed by atoms with Crippen LogP contribution in [0.25, 0.3) is 0 Å². The fourth-order valence-corrected chi connectivity index (χ4v) is 2.56. The minimum Gasteiger partial charge on any atom is -0.358 e. The summed E-state index contributed by atoms with van der Waals surface area (Å²) >= 11 is 6.19. The molecule has 1 heterocycles. The molecule has 1 saturated heterocycles. The van der Waals surface area contributed by atoms with Crippen LogP contribution in [-0.2, 0) is 11.3 Å². The summed E-state index contributed by atoms with van der Waals surface area (Å²) in [5, 5.41) is 15.3. The van der Waals surface area contributed by atoms with Crippen molar-refractivity contribution in [3.8, 4) is 6.07 Å². The first-order chi connectivity index (χ1) is 9.65. The van der Waals surface area contributed by atoms with E-state index in [1.807, 2.05) is 6.07 Å². The second kappa shape index (κ2) is 6.71. The molecule has 5 nitrogen and oxygen atoms in total. The maximum atomic E-state index is 11.9. The van der Waals surface area contributed by atoms with Crippen LogP contribution in [0.3, 0.4) is 0 Å². The van der Waals surface area contributed by atoms with Crippen molar-refractivity contribution in [2.75, 3.05) is 26.7 Å². The van der Waals surface area contributed by atoms with Crippen LogP contribution < -0.4 is 10.6 Å². The lowest BCUT2D eigenvalue weighted by molar-refractivity contribution is -0.126. The number of carbonyl (C=O) groups excluding carboxylic acids is 1. The van der Waals surface area contributed by atoms with Crippen molar-refractivity contribution < 1.29 is 4.79 Å². The number of halogens is 1. The molecule has 1 fully saturated rings. The molecule has 1 aliphatic heterocycles. The van der Waals surface area contributed by atoms with Crippen LogP contribution in [-0.4, -0.2) is 43.5 Å². The van der Waals surface area contributed by atoms with Crippen LogP contribution >= 0.6 is 11.6 Å². The largest absolute Gasteiger partial charge is 0.358 e. The van der Waals surface area contributed by atoms with Gasteiger partial charge in [-0.3, -0.25) is 9.69 Å². The van der Waals surface area contributed by atoms with Gasteiger partial charge in [-0.15, -0.1) is 0 Å². The molecule has 1 aromatic carbocycles. The molecule has 20 heavy (non-hydrogen) atoms. The summed E-state index contributed by atoms with van der Waals surface area (Å²) in [6, 6.07) is 7.13. The van der Waals surface area contributed by atoms with E-state index in [4.69, 9.17) is 16.9 Å². The maximum Gasteiger partial charge on any atom is 0.238 e. The molecule has 0 aliphatic carbocycles. The molecular weight excluding hydrogens is 276 g/mol. The van der Waals surface area contributed by atoms with Crippen LogP contribution in [0, 0.1) is 11.3 Å². The zero-order valence-corrected chi connectivity index (χ0v) is 12.1. The molecule has 6 heteroatoms. The lowest BCUT2D eigenvalue weighted by Crippen LogP contribution is -2.56. The molecule has 106 valence electrons. The van der Waals surface area contributed by atoms with Gasteiger partial charge in [0.25, 0.3) is 0 Å². The quantitative estimate of drug-likeness (QED) is 0.862. The maximum absolute atomic E-state index is 11.9. The second-order valence-electron chi connectivity index (χ2n) is 4.72. The summed E-state index contributed by atoms with van der Waals surface area (Å²) < 4.78 is 0. The Hall–Kier alpha value is -1.61. The topological polar surface area (TPSA) is 68.2 Å². The molecule has 2 rings (SSSR count). The Kier molecular flexibility index (Phi) is 4.96. The summed E-state index contributed by atoms with van der Waals surface area (Å²) in [7, 11) is 1.64. The molecule has 1 aromatic rings. The first-order valence-corrected chi connectivity index (χ1v) is 6.88. The lowest BCUT2D eigenvalue weighted by Gasteiger charge is -2.35. The fraction of sp³-hybridized carbons (Fsp3) is 0.429. The molecule has 1 unspecified atom stereocenters. The fourth-order valence-electron chi connectivity index (χ4n) is 2.32. The summed E-state index contributed by atoms with van der Waals surface area (Å²) in [6.07, 6.45) is 0. The van der Waals surface area contributed by atoms with Crippen molar-refractivity contribution in [2.45, 2.75) is 12.6 Å². The highest BCUT2D eigenvalue weighted by molar-refractivity contribution is 6.31. The Bertz CT molecular complexity index is 540. The Balaban J connectivity index is 2.15. The first-order valence-electron chi connectivity index (χ1n) is 6.50. The van der Waals surface area contributed by atoms with Crippen LogP contribution in [0.1, 0.15) is 11.1 Å². The van der Waals surface area contributed by atoms with Crippen LogP contribution in [0.5, 0.6) is 0 Å². The van der Waals surface area contributed by atoms with Crippen molar-refractivity contribution in [3.05, 3.63) is 34.3 Å². The number of nitrogens with zero attached hydrogens (tertiary/aromatic N) is 2. The van der Waals surface area contributed by atoms with Gasteiger partial charge in [0.2, 0.25) is 5.91 Å². The third kappa shape index (κ3) is 3.28. The molecule has 0 saturated carbocycles. The van der Waals surface area contributed by atoms with Crippen LogP contribution in [0.4, 0.5) is 0 Å². The molecule has 1 aliphatic rings. The average molecular weight is 293 g/mol. The van der Waals surface area contributed by atoms with E-state index in [0.29, 0.717) is 23.7 Å². The molecule has 1 amide bonds. The van der Waals surface area contributed by atoms with E-state index in [0.717, 1.165) is 18.7 Å². The number of amides is 1. The number of piperazine rings is 1. The summed E-state index contributed by atoms with van der Waals surface area (Å²) in [5.41, 5.74) is 1.48. The van der Waals surface area contributed by atoms with Crippen molar-refractivity contribution in [1.82, 2.24) is 15.5 Å². The Morgan fingerprint density at radius 2 is 2.45 bits per heavy atom. The first kappa shape index (κ1) is 14.8. The van der Waals surface area contributed by atoms with Gasteiger partial charge in [0.15, 0.2) is 0 Å². The van der Waals surface area contributed by atoms with Gasteiger partial charge in [-0.1, -0.05) is 17.7 Å². The summed E-state index contributed by atoms with van der Waals surface area (Å²) in [6.45, 7) is 2.87. The Labute approximate surface area is 123 Å². The normalized spacial score (nSPS) is 19.4. The number of rotatable bonds is 3. The number of nitriles is 1. The van der Waals surface area contributed by atoms with Gasteiger partial charge in [-0.05, 0) is 17.7 Å². The molecule has 0 radical (unpaired) electrons. The third-order valence-electron chi connectivity index (χ3n) is 3.46. The number of hydrogen-bond donors (Lipinski definition) is 2. The van der Waals surface area contributed by atoms with Gasteiger partial charge in [-0.2, -0.15) is 5.26 Å². The van der Waals surface area contributed by atoms with Gasteiger partial charge in [0, 0.05) is 38.2 Å². The highest BCUT2D eigenvalue weighted by Crippen LogP contribution is 2.20. The summed E-state index contributed by atoms with van der Waals surface area (Å²) in [4.78, 5) is 14.0. The second-order valence-corrected chi connectivity index (χ2v) is 5.13. The highest BCUT2D eigenvalue weighted by atomic mass is 35.5. The smallest absolute Gasteiger partial charge is 0.238 e. The monoisotopic (exact) mass is 292 g/mol. The predicted molar refractivity (Wildman–Crippen MR) is 77.3 cm³/mol. The molecule has 0 aromatic heterocycles. The number of likely N-dealkylation sites (N-methyl/N-ethyl adjacent to an activating group) is 1. The molecule has 2 N–H and O–H groups in total. The van der Waals surface area contributed by atoms with E-state index in [1.165, 1.54) is 0 Å². The van der Waals surface area contributed by atoms with Gasteiger partial charge < -0.3 is 10.6 Å². The standard InChI is InChI=1S/C14H17ClN4O/c1-17-14(20)13-8-18-4-5-19(13)9-11-3-2-10(7-16)6-12(11)15/h2-3,6,13,18H,4-5,8-9H2,1H3,(H,17,20). The highest BCUT2D eigenvalue weighted by Gasteiger charge is 2.28. The lowest BCUT2D eigenvalue weighted by atomic mass is 10.1. The van der Waals surface area contributed by atoms with Gasteiger partial charge in [0.05, 0.1) is 11.6 Å². The Morgan fingerprint density at radius 3 is 3.10 bits per heavy atom. The van der Waals surface area contributed by atoms with Gasteiger partial charge >= 0.3 is 0 Å². The van der Waals surface area contributed by atoms with E-state index < -0.39 is 0 Å². The Morgan fingerprint density at radius 1 is 1.65 bits per heavy atom. The molecule has 0 spiro atoms. The molecule has 0 bridgehead atoms. The zero-order valence-electron chi connectivity index (χ0n) is 11.3. The van der Waals surface area contributed by atoms with Crippen molar-refractivity contribution in [3.63, 3.8) is 0 Å². The van der Waals surface area contributed by atoms with Gasteiger partial charge in [0.1, 0.15) is 6.04 Å². The minimum absolute atomic E-state index is 0.00182. The van der Waals surface area contributed by atoms with Crippen LogP contribution in [0.15, 0.2) is 18.2 Å². The predicted octanol–water partition coefficient (Wildman–Crippen LogP) is 0.731. The van der Waals surface area contributed by atoms with E-state index in [2.05, 4.69) is 21.6 Å². The number of nitrogens with one attached hydrogen (secondary N) is 2. The SMILES string of the molecule is CNC(=O)C1CNCCN1Cc1ccc(C#N)cc1Cl. The molecular formula is C14H17ClN4O. The van der Waals surface area contributed by atoms with Crippen LogP contribution in [0.2, 0.25) is 5.02 Å². The van der Waals surface area contributed by atoms with E-state index in [-0.39, 0.29) is 11.9 Å². The van der Waals surface area contributed by atoms with Gasteiger partial charge in [-0.25, -0.2) is 0 Å². The van der Waals surface area contributed by atoms with Crippen molar-refractivity contribution in [1.29, 1.82) is 5.26 Å². The average Bonchev–Trinajstić information content (AvgIpc) is 2.49. The number of hydrogen-bond acceptors (Lipinski definition) is 4. The number of benzene rings is 1. The van der Waals surface area contributed by atoms with E-state index in [9.17, 15) is 4.79 Å². The van der Waals surface area contributed by atoms with Crippen molar-refractivity contribution in [2.24, 2.45) is 0 Å². The number of carbonyl (C=O) groups is 1. The summed E-state index contributed by atoms with van der Waals surface area (Å²) in [5.74, 6) is 0.00182. The zero-order chi connectivity index (χ0) is 14.5. The van der Waals surface area contributed by atoms with Crippen molar-refractivity contribution >= 4 is 17.5 Å². The minimum atomic E-state index is -0.194. The molecule has 1 atom stereocenters. The van der Waals surface area contributed by atoms with E-state index in [1.54, 1.807) is 19.2 Å². The van der Waals surface area contributed by atoms with E-state index >= 15 is 0 Å². The third-order valence-corrected chi connectivity index (χ3v) is 3.81.